The number of nitrogens with one attached hydrogen (secondary N) is 1. The third-order valence-electron chi connectivity index (χ3n) is 4.87. The minimum Gasteiger partial charge on any atom is -0.379 e. The summed E-state index contributed by atoms with van der Waals surface area (Å²) in [6, 6.07) is 13.8. The second-order valence-electron chi connectivity index (χ2n) is 6.77. The van der Waals surface area contributed by atoms with Crippen molar-refractivity contribution in [3.63, 3.8) is 0 Å². The molecule has 0 bridgehead atoms. The van der Waals surface area contributed by atoms with Gasteiger partial charge in [0.25, 0.3) is 0 Å². The summed E-state index contributed by atoms with van der Waals surface area (Å²) < 4.78 is 18.5. The van der Waals surface area contributed by atoms with Crippen LogP contribution in [-0.4, -0.2) is 43.7 Å². The fraction of sp³-hybridized carbons (Fsp3) is 0.318. The van der Waals surface area contributed by atoms with Gasteiger partial charge >= 0.3 is 0 Å². The number of hydrogen-bond donors (Lipinski definition) is 1. The number of ether oxygens (including phenoxy) is 1. The van der Waals surface area contributed by atoms with Gasteiger partial charge in [-0.2, -0.15) is 0 Å². The molecule has 1 heterocycles. The van der Waals surface area contributed by atoms with E-state index in [0.29, 0.717) is 24.8 Å². The lowest BCUT2D eigenvalue weighted by molar-refractivity contribution is -0.116. The Kier molecular flexibility index (Phi) is 7.20. The van der Waals surface area contributed by atoms with E-state index in [4.69, 9.17) is 16.3 Å². The smallest absolute Gasteiger partial charge is 0.244 e. The van der Waals surface area contributed by atoms with Crippen LogP contribution in [0.4, 0.5) is 4.39 Å². The summed E-state index contributed by atoms with van der Waals surface area (Å²) >= 11 is 6.42. The van der Waals surface area contributed by atoms with Crippen molar-refractivity contribution in [1.82, 2.24) is 10.2 Å². The van der Waals surface area contributed by atoms with Gasteiger partial charge in [0.05, 0.1) is 19.3 Å². The predicted octanol–water partition coefficient (Wildman–Crippen LogP) is 4.07. The summed E-state index contributed by atoms with van der Waals surface area (Å²) in [6.45, 7) is 5.18. The highest BCUT2D eigenvalue weighted by Gasteiger charge is 2.24. The summed E-state index contributed by atoms with van der Waals surface area (Å²) in [5, 5.41) is 3.67. The van der Waals surface area contributed by atoms with Gasteiger partial charge in [0.15, 0.2) is 0 Å². The molecule has 1 amide bonds. The fourth-order valence-corrected chi connectivity index (χ4v) is 3.57. The zero-order valence-electron chi connectivity index (χ0n) is 15.8. The minimum absolute atomic E-state index is 0.0268. The molecule has 148 valence electrons. The van der Waals surface area contributed by atoms with Crippen LogP contribution in [0.5, 0.6) is 0 Å². The summed E-state index contributed by atoms with van der Waals surface area (Å²) in [7, 11) is 0. The third-order valence-corrected chi connectivity index (χ3v) is 5.21. The topological polar surface area (TPSA) is 41.6 Å². The molecule has 3 rings (SSSR count). The molecule has 0 aliphatic carbocycles. The summed E-state index contributed by atoms with van der Waals surface area (Å²) in [5.41, 5.74) is 2.58. The van der Waals surface area contributed by atoms with Crippen molar-refractivity contribution >= 4 is 23.1 Å². The maximum atomic E-state index is 13.1. The fourth-order valence-electron chi connectivity index (χ4n) is 3.31. The number of morpholine rings is 1. The highest BCUT2D eigenvalue weighted by Crippen LogP contribution is 2.27. The van der Waals surface area contributed by atoms with E-state index in [1.54, 1.807) is 12.1 Å². The van der Waals surface area contributed by atoms with Gasteiger partial charge in [0, 0.05) is 30.7 Å². The number of carbonyl (C=O) groups excluding carboxylic acids is 1. The van der Waals surface area contributed by atoms with Gasteiger partial charge in [-0.25, -0.2) is 4.39 Å². The number of nitrogens with zero attached hydrogens (tertiary/aromatic N) is 1. The van der Waals surface area contributed by atoms with Crippen molar-refractivity contribution in [2.45, 2.75) is 13.0 Å². The molecule has 2 aromatic rings. The Labute approximate surface area is 169 Å². The number of hydrogen-bond acceptors (Lipinski definition) is 3. The van der Waals surface area contributed by atoms with Crippen LogP contribution in [0.3, 0.4) is 0 Å². The van der Waals surface area contributed by atoms with E-state index in [0.717, 1.165) is 29.8 Å². The van der Waals surface area contributed by atoms with E-state index < -0.39 is 0 Å². The lowest BCUT2D eigenvalue weighted by atomic mass is 10.0. The Balaban J connectivity index is 1.70. The molecule has 0 aromatic heterocycles. The Bertz CT molecular complexity index is 833. The first-order chi connectivity index (χ1) is 13.5. The molecule has 0 saturated carbocycles. The van der Waals surface area contributed by atoms with Gasteiger partial charge in [-0.05, 0) is 41.8 Å². The molecule has 1 N–H and O–H groups in total. The van der Waals surface area contributed by atoms with Crippen LogP contribution in [0.25, 0.3) is 5.57 Å². The summed E-state index contributed by atoms with van der Waals surface area (Å²) in [6.07, 6.45) is 1.54. The van der Waals surface area contributed by atoms with E-state index in [-0.39, 0.29) is 17.8 Å². The minimum atomic E-state index is -0.297. The molecule has 1 fully saturated rings. The van der Waals surface area contributed by atoms with E-state index in [9.17, 15) is 9.18 Å². The second-order valence-corrected chi connectivity index (χ2v) is 7.17. The number of halogens is 2. The lowest BCUT2D eigenvalue weighted by Crippen LogP contribution is -2.43. The van der Waals surface area contributed by atoms with Gasteiger partial charge in [-0.1, -0.05) is 41.9 Å². The molecular weight excluding hydrogens is 379 g/mol. The van der Waals surface area contributed by atoms with E-state index in [1.807, 2.05) is 31.2 Å². The highest BCUT2D eigenvalue weighted by atomic mass is 35.5. The first kappa shape index (κ1) is 20.5. The average Bonchev–Trinajstić information content (AvgIpc) is 2.70. The molecule has 1 atom stereocenters. The summed E-state index contributed by atoms with van der Waals surface area (Å²) in [5.74, 6) is -0.485. The standard InChI is InChI=1S/C22H24ClFN2O2/c1-16(17-6-8-18(24)9-7-17)14-22(27)25-15-21(26-10-12-28-13-11-26)19-4-2-3-5-20(19)23/h2-9,14,21H,10-13,15H2,1H3,(H,25,27)/b16-14+. The zero-order valence-corrected chi connectivity index (χ0v) is 16.6. The first-order valence-corrected chi connectivity index (χ1v) is 9.70. The number of carbonyl (C=O) groups is 1. The number of rotatable bonds is 6. The van der Waals surface area contributed by atoms with Gasteiger partial charge in [-0.3, -0.25) is 9.69 Å². The SMILES string of the molecule is C/C(=C\C(=O)NCC(c1ccccc1Cl)N1CCOCC1)c1ccc(F)cc1. The van der Waals surface area contributed by atoms with Crippen LogP contribution in [0, 0.1) is 5.82 Å². The van der Waals surface area contributed by atoms with Crippen LogP contribution in [-0.2, 0) is 9.53 Å². The Morgan fingerprint density at radius 3 is 2.57 bits per heavy atom. The highest BCUT2D eigenvalue weighted by molar-refractivity contribution is 6.31. The molecule has 2 aromatic carbocycles. The molecule has 1 aliphatic heterocycles. The van der Waals surface area contributed by atoms with Gasteiger partial charge in [-0.15, -0.1) is 0 Å². The van der Waals surface area contributed by atoms with Crippen LogP contribution >= 0.6 is 11.6 Å². The van der Waals surface area contributed by atoms with Gasteiger partial charge < -0.3 is 10.1 Å². The zero-order chi connectivity index (χ0) is 19.9. The summed E-state index contributed by atoms with van der Waals surface area (Å²) in [4.78, 5) is 14.7. The normalized spacial score (nSPS) is 16.6. The largest absolute Gasteiger partial charge is 0.379 e. The maximum Gasteiger partial charge on any atom is 0.244 e. The molecule has 4 nitrogen and oxygen atoms in total. The van der Waals surface area contributed by atoms with Crippen molar-refractivity contribution in [3.8, 4) is 0 Å². The van der Waals surface area contributed by atoms with Crippen molar-refractivity contribution < 1.29 is 13.9 Å². The maximum absolute atomic E-state index is 13.1. The monoisotopic (exact) mass is 402 g/mol. The van der Waals surface area contributed by atoms with Gasteiger partial charge in [0.1, 0.15) is 5.82 Å². The third kappa shape index (κ3) is 5.41. The average molecular weight is 403 g/mol. The predicted molar refractivity (Wildman–Crippen MR) is 110 cm³/mol. The molecule has 28 heavy (non-hydrogen) atoms. The molecule has 1 saturated heterocycles. The van der Waals surface area contributed by atoms with Crippen molar-refractivity contribution in [1.29, 1.82) is 0 Å². The van der Waals surface area contributed by atoms with Crippen LogP contribution < -0.4 is 5.32 Å². The van der Waals surface area contributed by atoms with E-state index in [1.165, 1.54) is 18.2 Å². The molecular formula is C22H24ClFN2O2. The Morgan fingerprint density at radius 2 is 1.89 bits per heavy atom. The van der Waals surface area contributed by atoms with Crippen LogP contribution in [0.15, 0.2) is 54.6 Å². The number of amides is 1. The van der Waals surface area contributed by atoms with Gasteiger partial charge in [0.2, 0.25) is 5.91 Å². The second kappa shape index (κ2) is 9.82. The quantitative estimate of drug-likeness (QED) is 0.740. The van der Waals surface area contributed by atoms with Crippen molar-refractivity contribution in [2.75, 3.05) is 32.8 Å². The molecule has 0 spiro atoms. The molecule has 6 heteroatoms. The molecule has 1 aliphatic rings. The van der Waals surface area contributed by atoms with Crippen molar-refractivity contribution in [3.05, 3.63) is 76.6 Å². The number of allylic oxidation sites excluding steroid dienone is 1. The van der Waals surface area contributed by atoms with E-state index >= 15 is 0 Å². The first-order valence-electron chi connectivity index (χ1n) is 9.33. The Hall–Kier alpha value is -2.21. The number of benzene rings is 2. The Morgan fingerprint density at radius 1 is 1.21 bits per heavy atom. The molecule has 0 radical (unpaired) electrons. The van der Waals surface area contributed by atoms with Crippen molar-refractivity contribution in [2.24, 2.45) is 0 Å². The lowest BCUT2D eigenvalue weighted by Gasteiger charge is -2.35. The molecule has 1 unspecified atom stereocenters. The van der Waals surface area contributed by atoms with Crippen LogP contribution in [0.1, 0.15) is 24.1 Å². The van der Waals surface area contributed by atoms with E-state index in [2.05, 4.69) is 10.2 Å². The van der Waals surface area contributed by atoms with Crippen LogP contribution in [0.2, 0.25) is 5.02 Å².